The third-order valence-corrected chi connectivity index (χ3v) is 3.99. The summed E-state index contributed by atoms with van der Waals surface area (Å²) in [5, 5.41) is 8.60. The lowest BCUT2D eigenvalue weighted by atomic mass is 9.92. The van der Waals surface area contributed by atoms with E-state index in [4.69, 9.17) is 15.6 Å². The molecule has 0 aromatic heterocycles. The van der Waals surface area contributed by atoms with Crippen LogP contribution in [-0.4, -0.2) is 53.7 Å². The minimum Gasteiger partial charge on any atom is -0.480 e. The number of rotatable bonds is 10. The standard InChI is InChI=1S/C15H28N2O4/c1-3-4-12(7-8-16)5-6-13(18)17-10-15(2,11-17)21-9-14(19)20/h12H,3-11,16H2,1-2H3,(H,19,20). The number of nitrogens with two attached hydrogens (primary N) is 1. The van der Waals surface area contributed by atoms with Crippen molar-refractivity contribution in [3.8, 4) is 0 Å². The first kappa shape index (κ1) is 17.9. The van der Waals surface area contributed by atoms with Crippen molar-refractivity contribution in [3.63, 3.8) is 0 Å². The lowest BCUT2D eigenvalue weighted by Gasteiger charge is -2.47. The molecule has 6 nitrogen and oxygen atoms in total. The largest absolute Gasteiger partial charge is 0.480 e. The maximum atomic E-state index is 12.1. The van der Waals surface area contributed by atoms with E-state index < -0.39 is 11.6 Å². The van der Waals surface area contributed by atoms with Crippen molar-refractivity contribution in [1.29, 1.82) is 0 Å². The van der Waals surface area contributed by atoms with Gasteiger partial charge >= 0.3 is 5.97 Å². The number of hydrogen-bond acceptors (Lipinski definition) is 4. The lowest BCUT2D eigenvalue weighted by molar-refractivity contribution is -0.173. The summed E-state index contributed by atoms with van der Waals surface area (Å²) >= 11 is 0. The second-order valence-electron chi connectivity index (χ2n) is 6.15. The quantitative estimate of drug-likeness (QED) is 0.633. The summed E-state index contributed by atoms with van der Waals surface area (Å²) in [7, 11) is 0. The van der Waals surface area contributed by atoms with Crippen LogP contribution < -0.4 is 5.73 Å². The molecule has 1 rings (SSSR count). The molecule has 1 atom stereocenters. The number of carboxylic acids is 1. The Bertz CT molecular complexity index is 348. The molecule has 122 valence electrons. The number of carbonyl (C=O) groups excluding carboxylic acids is 1. The molecular weight excluding hydrogens is 272 g/mol. The number of ether oxygens (including phenoxy) is 1. The van der Waals surface area contributed by atoms with E-state index in [1.54, 1.807) is 4.90 Å². The highest BCUT2D eigenvalue weighted by atomic mass is 16.5. The molecule has 6 heteroatoms. The first-order valence-electron chi connectivity index (χ1n) is 7.74. The zero-order chi connectivity index (χ0) is 15.9. The van der Waals surface area contributed by atoms with Crippen molar-refractivity contribution in [2.24, 2.45) is 11.7 Å². The number of hydrogen-bond donors (Lipinski definition) is 2. The van der Waals surface area contributed by atoms with Gasteiger partial charge in [0.1, 0.15) is 12.2 Å². The maximum Gasteiger partial charge on any atom is 0.329 e. The Morgan fingerprint density at radius 1 is 1.33 bits per heavy atom. The van der Waals surface area contributed by atoms with Crippen LogP contribution in [0.25, 0.3) is 0 Å². The van der Waals surface area contributed by atoms with E-state index in [0.717, 1.165) is 25.7 Å². The fourth-order valence-electron chi connectivity index (χ4n) is 2.83. The number of carbonyl (C=O) groups is 2. The van der Waals surface area contributed by atoms with Crippen molar-refractivity contribution in [2.45, 2.75) is 51.6 Å². The zero-order valence-corrected chi connectivity index (χ0v) is 13.1. The van der Waals surface area contributed by atoms with Crippen molar-refractivity contribution < 1.29 is 19.4 Å². The number of aliphatic carboxylic acids is 1. The highest BCUT2D eigenvalue weighted by molar-refractivity contribution is 5.77. The lowest BCUT2D eigenvalue weighted by Crippen LogP contribution is -2.63. The Kier molecular flexibility index (Phi) is 7.11. The molecule has 1 amide bonds. The predicted octanol–water partition coefficient (Wildman–Crippen LogP) is 1.23. The van der Waals surface area contributed by atoms with Crippen molar-refractivity contribution >= 4 is 11.9 Å². The second kappa shape index (κ2) is 8.34. The Morgan fingerprint density at radius 2 is 2.00 bits per heavy atom. The van der Waals surface area contributed by atoms with E-state index in [2.05, 4.69) is 6.92 Å². The fraction of sp³-hybridized carbons (Fsp3) is 0.867. The average molecular weight is 300 g/mol. The molecule has 0 bridgehead atoms. The normalized spacial score (nSPS) is 18.1. The van der Waals surface area contributed by atoms with Crippen LogP contribution in [0.4, 0.5) is 0 Å². The van der Waals surface area contributed by atoms with Crippen molar-refractivity contribution in [3.05, 3.63) is 0 Å². The molecule has 0 aromatic carbocycles. The summed E-state index contributed by atoms with van der Waals surface area (Å²) in [5.74, 6) is -0.324. The Labute approximate surface area is 126 Å². The minimum absolute atomic E-state index is 0.129. The molecule has 0 saturated carbocycles. The van der Waals surface area contributed by atoms with Crippen LogP contribution in [0.15, 0.2) is 0 Å². The number of nitrogens with zero attached hydrogens (tertiary/aromatic N) is 1. The molecular formula is C15H28N2O4. The van der Waals surface area contributed by atoms with Gasteiger partial charge in [0.05, 0.1) is 13.1 Å². The van der Waals surface area contributed by atoms with Crippen LogP contribution in [0, 0.1) is 5.92 Å². The molecule has 1 heterocycles. The van der Waals surface area contributed by atoms with Crippen LogP contribution >= 0.6 is 0 Å². The summed E-state index contributed by atoms with van der Waals surface area (Å²) in [4.78, 5) is 24.3. The average Bonchev–Trinajstić information content (AvgIpc) is 2.39. The maximum absolute atomic E-state index is 12.1. The van der Waals surface area contributed by atoms with Crippen LogP contribution in [0.5, 0.6) is 0 Å². The van der Waals surface area contributed by atoms with Crippen LogP contribution in [0.3, 0.4) is 0 Å². The molecule has 1 aliphatic heterocycles. The van der Waals surface area contributed by atoms with E-state index in [1.165, 1.54) is 0 Å². The molecule has 0 aromatic rings. The van der Waals surface area contributed by atoms with E-state index >= 15 is 0 Å². The van der Waals surface area contributed by atoms with E-state index in [1.807, 2.05) is 6.92 Å². The summed E-state index contributed by atoms with van der Waals surface area (Å²) in [5.41, 5.74) is 5.09. The number of likely N-dealkylation sites (tertiary alicyclic amines) is 1. The first-order valence-corrected chi connectivity index (χ1v) is 7.74. The van der Waals surface area contributed by atoms with Gasteiger partial charge in [-0.25, -0.2) is 4.79 Å². The Hall–Kier alpha value is -1.14. The van der Waals surface area contributed by atoms with Gasteiger partial charge in [-0.15, -0.1) is 0 Å². The first-order chi connectivity index (χ1) is 9.90. The highest BCUT2D eigenvalue weighted by Crippen LogP contribution is 2.26. The van der Waals surface area contributed by atoms with Gasteiger partial charge in [-0.1, -0.05) is 19.8 Å². The van der Waals surface area contributed by atoms with Gasteiger partial charge in [0, 0.05) is 6.42 Å². The molecule has 0 spiro atoms. The van der Waals surface area contributed by atoms with Crippen molar-refractivity contribution in [2.75, 3.05) is 26.2 Å². The zero-order valence-electron chi connectivity index (χ0n) is 13.1. The van der Waals surface area contributed by atoms with Crippen LogP contribution in [0.1, 0.15) is 46.0 Å². The van der Waals surface area contributed by atoms with Crippen LogP contribution in [-0.2, 0) is 14.3 Å². The molecule has 21 heavy (non-hydrogen) atoms. The smallest absolute Gasteiger partial charge is 0.329 e. The van der Waals surface area contributed by atoms with Crippen LogP contribution in [0.2, 0.25) is 0 Å². The molecule has 1 saturated heterocycles. The number of carboxylic acid groups (broad SMARTS) is 1. The fourth-order valence-corrected chi connectivity index (χ4v) is 2.83. The summed E-state index contributed by atoms with van der Waals surface area (Å²) < 4.78 is 5.30. The monoisotopic (exact) mass is 300 g/mol. The molecule has 0 radical (unpaired) electrons. The van der Waals surface area contributed by atoms with Gasteiger partial charge in [0.15, 0.2) is 0 Å². The molecule has 3 N–H and O–H groups in total. The SMILES string of the molecule is CCCC(CCN)CCC(=O)N1CC(C)(OCC(=O)O)C1. The molecule has 1 unspecified atom stereocenters. The topological polar surface area (TPSA) is 92.9 Å². The highest BCUT2D eigenvalue weighted by Gasteiger charge is 2.42. The molecule has 1 aliphatic rings. The third kappa shape index (κ3) is 6.01. The Morgan fingerprint density at radius 3 is 2.52 bits per heavy atom. The second-order valence-corrected chi connectivity index (χ2v) is 6.15. The Balaban J connectivity index is 2.27. The summed E-state index contributed by atoms with van der Waals surface area (Å²) in [6.45, 7) is 5.31. The van der Waals surface area contributed by atoms with Gasteiger partial charge in [-0.3, -0.25) is 4.79 Å². The summed E-state index contributed by atoms with van der Waals surface area (Å²) in [6.07, 6.45) is 4.63. The van der Waals surface area contributed by atoms with E-state index in [-0.39, 0.29) is 12.5 Å². The van der Waals surface area contributed by atoms with Crippen molar-refractivity contribution in [1.82, 2.24) is 4.90 Å². The van der Waals surface area contributed by atoms with Gasteiger partial charge in [-0.2, -0.15) is 0 Å². The minimum atomic E-state index is -0.981. The summed E-state index contributed by atoms with van der Waals surface area (Å²) in [6, 6.07) is 0. The molecule has 1 fully saturated rings. The van der Waals surface area contributed by atoms with E-state index in [0.29, 0.717) is 32.0 Å². The van der Waals surface area contributed by atoms with Gasteiger partial charge < -0.3 is 20.5 Å². The predicted molar refractivity (Wildman–Crippen MR) is 79.9 cm³/mol. The third-order valence-electron chi connectivity index (χ3n) is 3.99. The van der Waals surface area contributed by atoms with Gasteiger partial charge in [0.2, 0.25) is 5.91 Å². The van der Waals surface area contributed by atoms with Gasteiger partial charge in [0.25, 0.3) is 0 Å². The van der Waals surface area contributed by atoms with E-state index in [9.17, 15) is 9.59 Å². The van der Waals surface area contributed by atoms with Gasteiger partial charge in [-0.05, 0) is 32.2 Å². The molecule has 0 aliphatic carbocycles. The number of amides is 1.